The highest BCUT2D eigenvalue weighted by Gasteiger charge is 2.51. The van der Waals surface area contributed by atoms with E-state index in [1.54, 1.807) is 0 Å². The molecule has 8 atom stereocenters. The maximum Gasteiger partial charge on any atom is 0.472 e. The van der Waals surface area contributed by atoms with Gasteiger partial charge in [-0.2, -0.15) is 0 Å². The Morgan fingerprint density at radius 2 is 0.873 bits per heavy atom. The Morgan fingerprint density at radius 1 is 0.492 bits per heavy atom. The fourth-order valence-corrected chi connectivity index (χ4v) is 7.63. The van der Waals surface area contributed by atoms with Crippen LogP contribution in [0.1, 0.15) is 168 Å². The smallest absolute Gasteiger partial charge is 0.462 e. The Hall–Kier alpha value is -2.71. The second kappa shape index (κ2) is 38.5. The minimum absolute atomic E-state index is 0.0570. The Labute approximate surface area is 378 Å². The van der Waals surface area contributed by atoms with E-state index in [1.807, 2.05) is 12.2 Å². The Morgan fingerprint density at radius 3 is 1.38 bits per heavy atom. The lowest BCUT2D eigenvalue weighted by Crippen LogP contribution is -2.64. The quantitative estimate of drug-likeness (QED) is 0.0148. The average Bonchev–Trinajstić information content (AvgIpc) is 3.26. The molecule has 0 bridgehead atoms. The van der Waals surface area contributed by atoms with Crippen LogP contribution in [0, 0.1) is 0 Å². The van der Waals surface area contributed by atoms with Crippen molar-refractivity contribution in [2.75, 3.05) is 13.2 Å². The molecule has 14 heteroatoms. The highest BCUT2D eigenvalue weighted by Crippen LogP contribution is 2.47. The first-order valence-electron chi connectivity index (χ1n) is 23.7. The first kappa shape index (κ1) is 58.3. The van der Waals surface area contributed by atoms with Crippen molar-refractivity contribution in [2.24, 2.45) is 0 Å². The zero-order valence-corrected chi connectivity index (χ0v) is 39.2. The summed E-state index contributed by atoms with van der Waals surface area (Å²) in [4.78, 5) is 35.7. The third-order valence-corrected chi connectivity index (χ3v) is 11.5. The van der Waals surface area contributed by atoms with Gasteiger partial charge in [-0.15, -0.1) is 0 Å². The second-order valence-corrected chi connectivity index (χ2v) is 17.7. The van der Waals surface area contributed by atoms with E-state index in [9.17, 15) is 44.6 Å². The lowest BCUT2D eigenvalue weighted by atomic mass is 9.85. The summed E-state index contributed by atoms with van der Waals surface area (Å²) in [6, 6.07) is 0. The zero-order valence-electron chi connectivity index (χ0n) is 38.3. The molecule has 1 saturated carbocycles. The molecule has 1 fully saturated rings. The van der Waals surface area contributed by atoms with E-state index in [4.69, 9.17) is 18.5 Å². The molecule has 6 N–H and O–H groups in total. The number of carbonyl (C=O) groups excluding carboxylic acids is 2. The minimum Gasteiger partial charge on any atom is -0.462 e. The summed E-state index contributed by atoms with van der Waals surface area (Å²) in [6.07, 6.45) is 35.3. The van der Waals surface area contributed by atoms with Crippen molar-refractivity contribution in [3.63, 3.8) is 0 Å². The van der Waals surface area contributed by atoms with Crippen LogP contribution in [0.4, 0.5) is 0 Å². The normalized spacial score (nSPS) is 22.3. The van der Waals surface area contributed by atoms with Crippen LogP contribution < -0.4 is 0 Å². The second-order valence-electron chi connectivity index (χ2n) is 16.3. The fraction of sp³-hybridized carbons (Fsp3) is 0.714. The van der Waals surface area contributed by atoms with Crippen LogP contribution in [0.5, 0.6) is 0 Å². The van der Waals surface area contributed by atoms with Gasteiger partial charge in [-0.25, -0.2) is 4.57 Å². The predicted octanol–water partition coefficient (Wildman–Crippen LogP) is 9.50. The number of esters is 2. The van der Waals surface area contributed by atoms with E-state index in [1.165, 1.54) is 57.8 Å². The van der Waals surface area contributed by atoms with Crippen molar-refractivity contribution in [3.05, 3.63) is 72.9 Å². The van der Waals surface area contributed by atoms with E-state index in [0.29, 0.717) is 19.3 Å². The van der Waals surface area contributed by atoms with Gasteiger partial charge >= 0.3 is 19.8 Å². The molecule has 1 aliphatic rings. The van der Waals surface area contributed by atoms with Gasteiger partial charge in [0.05, 0.1) is 6.61 Å². The summed E-state index contributed by atoms with van der Waals surface area (Å²) in [5.41, 5.74) is 0. The molecule has 0 aromatic heterocycles. The molecular weight excluding hydrogens is 828 g/mol. The Balaban J connectivity index is 2.51. The molecule has 13 nitrogen and oxygen atoms in total. The number of rotatable bonds is 38. The molecule has 0 radical (unpaired) electrons. The topological polar surface area (TPSA) is 210 Å². The summed E-state index contributed by atoms with van der Waals surface area (Å²) >= 11 is 0. The molecular formula is C49H83O13P. The van der Waals surface area contributed by atoms with Crippen LogP contribution in [-0.4, -0.2) is 98.3 Å². The molecule has 63 heavy (non-hydrogen) atoms. The molecule has 0 amide bonds. The van der Waals surface area contributed by atoms with Gasteiger partial charge in [-0.3, -0.25) is 18.6 Å². The number of hydrogen-bond donors (Lipinski definition) is 6. The Kier molecular flexibility index (Phi) is 35.7. The Bertz CT molecular complexity index is 1380. The van der Waals surface area contributed by atoms with Crippen molar-refractivity contribution in [1.29, 1.82) is 0 Å². The van der Waals surface area contributed by atoms with E-state index in [-0.39, 0.29) is 12.8 Å². The van der Waals surface area contributed by atoms with Crippen LogP contribution >= 0.6 is 7.82 Å². The van der Waals surface area contributed by atoms with Gasteiger partial charge < -0.3 is 39.9 Å². The van der Waals surface area contributed by atoms with Gasteiger partial charge in [0.15, 0.2) is 6.10 Å². The summed E-state index contributed by atoms with van der Waals surface area (Å²) in [5, 5.41) is 50.2. The van der Waals surface area contributed by atoms with E-state index < -0.39 is 75.7 Å². The van der Waals surface area contributed by atoms with Crippen LogP contribution in [-0.2, 0) is 32.7 Å². The van der Waals surface area contributed by atoms with Crippen LogP contribution in [0.2, 0.25) is 0 Å². The molecule has 0 aromatic carbocycles. The number of aliphatic hydroxyl groups excluding tert-OH is 5. The molecule has 1 rings (SSSR count). The van der Waals surface area contributed by atoms with E-state index in [2.05, 4.69) is 74.6 Å². The number of hydrogen-bond acceptors (Lipinski definition) is 12. The maximum atomic E-state index is 12.8. The third-order valence-electron chi connectivity index (χ3n) is 10.5. The number of carbonyl (C=O) groups is 2. The van der Waals surface area contributed by atoms with Gasteiger partial charge in [0.25, 0.3) is 0 Å². The van der Waals surface area contributed by atoms with Gasteiger partial charge in [0, 0.05) is 12.8 Å². The number of unbranched alkanes of at least 4 members (excludes halogenated alkanes) is 14. The first-order chi connectivity index (χ1) is 30.4. The van der Waals surface area contributed by atoms with Crippen molar-refractivity contribution in [1.82, 2.24) is 0 Å². The standard InChI is InChI=1S/C49H83O13P/c1-3-5-7-9-11-13-15-17-19-21-23-25-27-29-31-33-35-37-42(50)59-39-41(40-60-63(57,58)62-49-47(55)45(53)44(52)46(54)48(49)56)61-43(51)38-36-34-32-30-28-26-24-22-20-18-16-14-12-10-8-6-4-2/h12,14,17-20,23-26,29,31,41,44-49,52-56H,3-11,13,15-16,21-22,27-28,30,32-40H2,1-2H3,(H,57,58)/b14-12+,19-17+,20-18+,25-23+,26-24+,31-29+/t41-,44?,45-,46?,47?,48?,49?/m0/s1. The molecule has 362 valence electrons. The van der Waals surface area contributed by atoms with Crippen LogP contribution in [0.3, 0.4) is 0 Å². The fourth-order valence-electron chi connectivity index (χ4n) is 6.66. The number of ether oxygens (including phenoxy) is 2. The lowest BCUT2D eigenvalue weighted by molar-refractivity contribution is -0.220. The lowest BCUT2D eigenvalue weighted by Gasteiger charge is -2.41. The van der Waals surface area contributed by atoms with Gasteiger partial charge in [0.2, 0.25) is 0 Å². The zero-order chi connectivity index (χ0) is 46.4. The SMILES string of the molecule is CCCCC/C=C/C/C=C/C/C=C/CCCCCCC(=O)O[C@@H](COC(=O)CCC/C=C/C/C=C/C/C=C/CCCCCCCC)COP(=O)(O)OC1C(O)C(O)C(O)[C@H](O)C1O. The molecule has 0 heterocycles. The molecule has 0 aliphatic heterocycles. The summed E-state index contributed by atoms with van der Waals surface area (Å²) < 4.78 is 33.5. The van der Waals surface area contributed by atoms with Gasteiger partial charge in [0.1, 0.15) is 43.2 Å². The number of aliphatic hydroxyl groups is 5. The minimum atomic E-state index is -5.14. The number of allylic oxidation sites excluding steroid dienone is 12. The molecule has 0 spiro atoms. The number of phosphoric ester groups is 1. The van der Waals surface area contributed by atoms with Crippen LogP contribution in [0.15, 0.2) is 72.9 Å². The average molecular weight is 911 g/mol. The maximum absolute atomic E-state index is 12.8. The summed E-state index contributed by atoms with van der Waals surface area (Å²) in [5.74, 6) is -1.19. The molecule has 0 saturated heterocycles. The highest BCUT2D eigenvalue weighted by molar-refractivity contribution is 7.47. The van der Waals surface area contributed by atoms with Crippen molar-refractivity contribution in [2.45, 2.75) is 211 Å². The van der Waals surface area contributed by atoms with Crippen molar-refractivity contribution in [3.8, 4) is 0 Å². The van der Waals surface area contributed by atoms with Crippen molar-refractivity contribution < 1.29 is 63.1 Å². The number of phosphoric acid groups is 1. The van der Waals surface area contributed by atoms with E-state index >= 15 is 0 Å². The summed E-state index contributed by atoms with van der Waals surface area (Å²) in [6.45, 7) is 3.20. The monoisotopic (exact) mass is 911 g/mol. The third kappa shape index (κ3) is 31.0. The first-order valence-corrected chi connectivity index (χ1v) is 25.2. The summed E-state index contributed by atoms with van der Waals surface area (Å²) in [7, 11) is -5.14. The molecule has 1 aliphatic carbocycles. The van der Waals surface area contributed by atoms with Crippen molar-refractivity contribution >= 4 is 19.8 Å². The molecule has 6 unspecified atom stereocenters. The predicted molar refractivity (Wildman–Crippen MR) is 249 cm³/mol. The van der Waals surface area contributed by atoms with E-state index in [0.717, 1.165) is 64.2 Å². The van der Waals surface area contributed by atoms with Gasteiger partial charge in [-0.1, -0.05) is 145 Å². The van der Waals surface area contributed by atoms with Crippen LogP contribution in [0.25, 0.3) is 0 Å². The molecule has 0 aromatic rings. The largest absolute Gasteiger partial charge is 0.472 e. The van der Waals surface area contributed by atoms with Gasteiger partial charge in [-0.05, 0) is 83.5 Å². The highest BCUT2D eigenvalue weighted by atomic mass is 31.2.